The summed E-state index contributed by atoms with van der Waals surface area (Å²) in [5.41, 5.74) is 4.03. The Kier molecular flexibility index (Phi) is 8.08. The minimum absolute atomic E-state index is 0.277. The standard InChI is InChI=1S/C27H33N7O2S2/c1-20-4-10-23(11-5-20)38(35,36)29-14-3-13-28-26-25-24(12-19-37-25)31-27(32-26)30-21-6-8-22(9-7-21)34-17-15-33(2)16-18-34/h4-12,19,29H,3,13-18H2,1-2H3,(H2,28,30,31,32). The van der Waals surface area contributed by atoms with Crippen molar-refractivity contribution in [1.82, 2.24) is 19.6 Å². The Labute approximate surface area is 228 Å². The molecule has 1 fully saturated rings. The van der Waals surface area contributed by atoms with Crippen molar-refractivity contribution < 1.29 is 8.42 Å². The molecule has 11 heteroatoms. The number of piperazine rings is 1. The smallest absolute Gasteiger partial charge is 0.240 e. The number of nitrogens with one attached hydrogen (secondary N) is 3. The van der Waals surface area contributed by atoms with Gasteiger partial charge in [0, 0.05) is 50.6 Å². The fourth-order valence-electron chi connectivity index (χ4n) is 4.29. The van der Waals surface area contributed by atoms with Crippen molar-refractivity contribution in [3.05, 3.63) is 65.5 Å². The number of aromatic nitrogens is 2. The third kappa shape index (κ3) is 6.41. The van der Waals surface area contributed by atoms with Crippen LogP contribution in [0.15, 0.2) is 64.9 Å². The number of rotatable bonds is 10. The van der Waals surface area contributed by atoms with Crippen LogP contribution in [0.4, 0.5) is 23.1 Å². The molecule has 2 aromatic heterocycles. The molecule has 1 saturated heterocycles. The van der Waals surface area contributed by atoms with Crippen molar-refractivity contribution in [2.75, 3.05) is 61.8 Å². The minimum Gasteiger partial charge on any atom is -0.369 e. The Morgan fingerprint density at radius 2 is 1.66 bits per heavy atom. The van der Waals surface area contributed by atoms with E-state index < -0.39 is 10.0 Å². The SMILES string of the molecule is Cc1ccc(S(=O)(=O)NCCCNc2nc(Nc3ccc(N4CCN(C)CC4)cc3)nc3ccsc23)cc1. The van der Waals surface area contributed by atoms with Crippen LogP contribution in [0.2, 0.25) is 0 Å². The van der Waals surface area contributed by atoms with Gasteiger partial charge in [0.05, 0.1) is 15.1 Å². The zero-order chi connectivity index (χ0) is 26.5. The lowest BCUT2D eigenvalue weighted by Gasteiger charge is -2.34. The number of aryl methyl sites for hydroxylation is 1. The fraction of sp³-hybridized carbons (Fsp3) is 0.333. The van der Waals surface area contributed by atoms with Crippen molar-refractivity contribution >= 4 is 54.7 Å². The summed E-state index contributed by atoms with van der Waals surface area (Å²) >= 11 is 1.58. The molecule has 2 aromatic carbocycles. The Morgan fingerprint density at radius 3 is 2.39 bits per heavy atom. The maximum atomic E-state index is 12.5. The quantitative estimate of drug-likeness (QED) is 0.251. The average Bonchev–Trinajstić information content (AvgIpc) is 3.39. The number of likely N-dealkylation sites (N-methyl/N-ethyl adjacent to an activating group) is 1. The van der Waals surface area contributed by atoms with Crippen LogP contribution in [-0.4, -0.2) is 69.6 Å². The molecule has 0 atom stereocenters. The lowest BCUT2D eigenvalue weighted by atomic mass is 10.2. The lowest BCUT2D eigenvalue weighted by molar-refractivity contribution is 0.313. The molecule has 38 heavy (non-hydrogen) atoms. The summed E-state index contributed by atoms with van der Waals surface area (Å²) in [5.74, 6) is 1.26. The van der Waals surface area contributed by atoms with E-state index >= 15 is 0 Å². The molecule has 0 unspecified atom stereocenters. The number of hydrogen-bond acceptors (Lipinski definition) is 9. The van der Waals surface area contributed by atoms with Crippen LogP contribution in [0.5, 0.6) is 0 Å². The Balaban J connectivity index is 1.18. The minimum atomic E-state index is -3.52. The molecule has 1 aliphatic heterocycles. The second kappa shape index (κ2) is 11.6. The van der Waals surface area contributed by atoms with Crippen molar-refractivity contribution in [2.24, 2.45) is 0 Å². The molecule has 5 rings (SSSR count). The van der Waals surface area contributed by atoms with E-state index in [1.807, 2.05) is 18.4 Å². The van der Waals surface area contributed by atoms with E-state index in [-0.39, 0.29) is 4.90 Å². The number of anilines is 4. The highest BCUT2D eigenvalue weighted by Crippen LogP contribution is 2.29. The van der Waals surface area contributed by atoms with Gasteiger partial charge in [-0.1, -0.05) is 17.7 Å². The summed E-state index contributed by atoms with van der Waals surface area (Å²) in [6.07, 6.45) is 0.610. The Morgan fingerprint density at radius 1 is 0.921 bits per heavy atom. The molecule has 0 bridgehead atoms. The highest BCUT2D eigenvalue weighted by molar-refractivity contribution is 7.89. The third-order valence-corrected chi connectivity index (χ3v) is 8.95. The Hall–Kier alpha value is -3.25. The second-order valence-electron chi connectivity index (χ2n) is 9.48. The third-order valence-electron chi connectivity index (χ3n) is 6.56. The van der Waals surface area contributed by atoms with Gasteiger partial charge in [0.25, 0.3) is 0 Å². The second-order valence-corrected chi connectivity index (χ2v) is 12.2. The highest BCUT2D eigenvalue weighted by atomic mass is 32.2. The molecule has 4 aromatic rings. The molecule has 0 saturated carbocycles. The fourth-order valence-corrected chi connectivity index (χ4v) is 6.16. The molecule has 0 spiro atoms. The predicted molar refractivity (Wildman–Crippen MR) is 156 cm³/mol. The van der Waals surface area contributed by atoms with E-state index in [4.69, 9.17) is 4.98 Å². The van der Waals surface area contributed by atoms with E-state index in [1.165, 1.54) is 5.69 Å². The van der Waals surface area contributed by atoms with Gasteiger partial charge in [-0.3, -0.25) is 0 Å². The first kappa shape index (κ1) is 26.4. The average molecular weight is 552 g/mol. The van der Waals surface area contributed by atoms with Crippen molar-refractivity contribution in [1.29, 1.82) is 0 Å². The summed E-state index contributed by atoms with van der Waals surface area (Å²) < 4.78 is 28.6. The maximum Gasteiger partial charge on any atom is 0.240 e. The van der Waals surface area contributed by atoms with Crippen molar-refractivity contribution in [3.8, 4) is 0 Å². The molecule has 3 heterocycles. The molecule has 1 aliphatic rings. The first-order chi connectivity index (χ1) is 18.4. The number of hydrogen-bond donors (Lipinski definition) is 3. The monoisotopic (exact) mass is 551 g/mol. The lowest BCUT2D eigenvalue weighted by Crippen LogP contribution is -2.44. The summed E-state index contributed by atoms with van der Waals surface area (Å²) in [5, 5.41) is 8.69. The van der Waals surface area contributed by atoms with E-state index in [2.05, 4.69) is 61.5 Å². The van der Waals surface area contributed by atoms with Gasteiger partial charge >= 0.3 is 0 Å². The van der Waals surface area contributed by atoms with Crippen molar-refractivity contribution in [2.45, 2.75) is 18.2 Å². The van der Waals surface area contributed by atoms with Crippen LogP contribution in [0, 0.1) is 6.92 Å². The molecule has 3 N–H and O–H groups in total. The van der Waals surface area contributed by atoms with Crippen LogP contribution in [0.1, 0.15) is 12.0 Å². The maximum absolute atomic E-state index is 12.5. The molecule has 9 nitrogen and oxygen atoms in total. The van der Waals surface area contributed by atoms with E-state index in [0.717, 1.165) is 53.5 Å². The molecule has 200 valence electrons. The normalized spacial score (nSPS) is 14.6. The van der Waals surface area contributed by atoms with E-state index in [9.17, 15) is 8.42 Å². The number of thiophene rings is 1. The molecule has 0 aliphatic carbocycles. The van der Waals surface area contributed by atoms with Crippen LogP contribution >= 0.6 is 11.3 Å². The number of sulfonamides is 1. The summed E-state index contributed by atoms with van der Waals surface area (Å²) in [4.78, 5) is 14.4. The van der Waals surface area contributed by atoms with Crippen LogP contribution in [0.3, 0.4) is 0 Å². The molecule has 0 radical (unpaired) electrons. The molecule has 0 amide bonds. The first-order valence-electron chi connectivity index (χ1n) is 12.7. The zero-order valence-electron chi connectivity index (χ0n) is 21.6. The van der Waals surface area contributed by atoms with Gasteiger partial charge in [-0.2, -0.15) is 4.98 Å². The topological polar surface area (TPSA) is 102 Å². The predicted octanol–water partition coefficient (Wildman–Crippen LogP) is 4.28. The molecular weight excluding hydrogens is 518 g/mol. The summed E-state index contributed by atoms with van der Waals surface area (Å²) in [7, 11) is -1.36. The van der Waals surface area contributed by atoms with E-state index in [0.29, 0.717) is 25.5 Å². The van der Waals surface area contributed by atoms with Gasteiger partial charge in [0.15, 0.2) is 0 Å². The number of fused-ring (bicyclic) bond motifs is 1. The highest BCUT2D eigenvalue weighted by Gasteiger charge is 2.15. The van der Waals surface area contributed by atoms with Crippen LogP contribution in [0.25, 0.3) is 10.2 Å². The van der Waals surface area contributed by atoms with Crippen LogP contribution in [-0.2, 0) is 10.0 Å². The number of nitrogens with zero attached hydrogens (tertiary/aromatic N) is 4. The van der Waals surface area contributed by atoms with Crippen molar-refractivity contribution in [3.63, 3.8) is 0 Å². The van der Waals surface area contributed by atoms with Gasteiger partial charge in [-0.05, 0) is 68.2 Å². The summed E-state index contributed by atoms with van der Waals surface area (Å²) in [6.45, 7) is 7.03. The van der Waals surface area contributed by atoms with Gasteiger partial charge in [0.2, 0.25) is 16.0 Å². The molecular formula is C27H33N7O2S2. The van der Waals surface area contributed by atoms with E-state index in [1.54, 1.807) is 35.6 Å². The van der Waals surface area contributed by atoms with Gasteiger partial charge < -0.3 is 20.4 Å². The zero-order valence-corrected chi connectivity index (χ0v) is 23.3. The first-order valence-corrected chi connectivity index (χ1v) is 15.1. The Bertz CT molecular complexity index is 1460. The van der Waals surface area contributed by atoms with Gasteiger partial charge in [0.1, 0.15) is 5.82 Å². The van der Waals surface area contributed by atoms with Crippen LogP contribution < -0.4 is 20.3 Å². The summed E-state index contributed by atoms with van der Waals surface area (Å²) in [6, 6.07) is 17.2. The van der Waals surface area contributed by atoms with Gasteiger partial charge in [-0.25, -0.2) is 18.1 Å². The largest absolute Gasteiger partial charge is 0.369 e. The van der Waals surface area contributed by atoms with Gasteiger partial charge in [-0.15, -0.1) is 11.3 Å². The number of benzene rings is 2.